The van der Waals surface area contributed by atoms with Crippen LogP contribution in [0.3, 0.4) is 0 Å². The molecular formula is C20H22N4O4S2. The summed E-state index contributed by atoms with van der Waals surface area (Å²) in [5, 5.41) is 10.1. The van der Waals surface area contributed by atoms with Gasteiger partial charge in [-0.3, -0.25) is 10.1 Å². The average Bonchev–Trinajstić information content (AvgIpc) is 3.19. The van der Waals surface area contributed by atoms with Gasteiger partial charge in [-0.15, -0.1) is 10.2 Å². The molecule has 3 rings (SSSR count). The molecule has 0 saturated heterocycles. The summed E-state index contributed by atoms with van der Waals surface area (Å²) in [7, 11) is -3.89. The van der Waals surface area contributed by atoms with Crippen LogP contribution in [0.25, 0.3) is 0 Å². The highest BCUT2D eigenvalue weighted by Crippen LogP contribution is 2.21. The number of nitrogens with zero attached hydrogens (tertiary/aromatic N) is 2. The number of benzene rings is 2. The first-order valence-corrected chi connectivity index (χ1v) is 11.5. The number of amides is 1. The first-order valence-electron chi connectivity index (χ1n) is 9.17. The van der Waals surface area contributed by atoms with Gasteiger partial charge in [0.05, 0.1) is 6.04 Å². The van der Waals surface area contributed by atoms with E-state index in [1.54, 1.807) is 37.3 Å². The van der Waals surface area contributed by atoms with E-state index in [9.17, 15) is 13.2 Å². The van der Waals surface area contributed by atoms with Gasteiger partial charge in [-0.2, -0.15) is 0 Å². The monoisotopic (exact) mass is 446 g/mol. The molecule has 0 radical (unpaired) electrons. The third kappa shape index (κ3) is 5.62. The minimum Gasteiger partial charge on any atom is -0.492 e. The highest BCUT2D eigenvalue weighted by molar-refractivity contribution is 7.91. The summed E-state index contributed by atoms with van der Waals surface area (Å²) in [5.74, 6) is 0.282. The molecule has 1 heterocycles. The third-order valence-corrected chi connectivity index (χ3v) is 7.02. The Morgan fingerprint density at radius 3 is 2.53 bits per heavy atom. The van der Waals surface area contributed by atoms with E-state index in [2.05, 4.69) is 20.2 Å². The second kappa shape index (κ2) is 9.33. The van der Waals surface area contributed by atoms with Crippen LogP contribution in [0, 0.1) is 13.8 Å². The van der Waals surface area contributed by atoms with Gasteiger partial charge in [0.2, 0.25) is 9.47 Å². The van der Waals surface area contributed by atoms with E-state index in [-0.39, 0.29) is 22.0 Å². The number of aryl methyl sites for hydroxylation is 2. The molecule has 0 aliphatic rings. The quantitative estimate of drug-likeness (QED) is 0.514. The fourth-order valence-electron chi connectivity index (χ4n) is 2.50. The van der Waals surface area contributed by atoms with E-state index in [4.69, 9.17) is 4.74 Å². The minimum atomic E-state index is -3.89. The van der Waals surface area contributed by atoms with Gasteiger partial charge in [0.15, 0.2) is 0 Å². The lowest BCUT2D eigenvalue weighted by Gasteiger charge is -2.14. The Balaban J connectivity index is 1.58. The standard InChI is InChI=1S/C20H22N4O4S2/c1-13-9-10-17(11-14(13)2)28-12-15(3)24-30(26,27)20-23-22-19(29-20)21-18(25)16-7-5-4-6-8-16/h4-11,15,24H,12H2,1-3H3,(H,21,22,25)/t15-/m1/s1. The van der Waals surface area contributed by atoms with Crippen LogP contribution >= 0.6 is 11.3 Å². The molecule has 1 aromatic heterocycles. The first-order chi connectivity index (χ1) is 14.2. The highest BCUT2D eigenvalue weighted by Gasteiger charge is 2.23. The molecule has 0 fully saturated rings. The second-order valence-electron chi connectivity index (χ2n) is 6.77. The van der Waals surface area contributed by atoms with Crippen LogP contribution in [0.15, 0.2) is 52.9 Å². The molecule has 1 amide bonds. The van der Waals surface area contributed by atoms with Crippen molar-refractivity contribution < 1.29 is 17.9 Å². The summed E-state index contributed by atoms with van der Waals surface area (Å²) in [5.41, 5.74) is 2.69. The van der Waals surface area contributed by atoms with Crippen LogP contribution < -0.4 is 14.8 Å². The molecule has 10 heteroatoms. The molecule has 0 aliphatic heterocycles. The van der Waals surface area contributed by atoms with Crippen LogP contribution in [-0.2, 0) is 10.0 Å². The molecular weight excluding hydrogens is 424 g/mol. The van der Waals surface area contributed by atoms with Gasteiger partial charge >= 0.3 is 0 Å². The lowest BCUT2D eigenvalue weighted by molar-refractivity contribution is 0.102. The molecule has 3 aromatic rings. The molecule has 0 saturated carbocycles. The van der Waals surface area contributed by atoms with Crippen molar-refractivity contribution in [3.05, 3.63) is 65.2 Å². The number of aromatic nitrogens is 2. The van der Waals surface area contributed by atoms with Crippen LogP contribution in [0.4, 0.5) is 5.13 Å². The maximum atomic E-state index is 12.6. The number of ether oxygens (including phenoxy) is 1. The number of anilines is 1. The Morgan fingerprint density at radius 1 is 1.10 bits per heavy atom. The Bertz CT molecular complexity index is 1130. The summed E-state index contributed by atoms with van der Waals surface area (Å²) in [6.45, 7) is 5.84. The van der Waals surface area contributed by atoms with E-state index in [0.717, 1.165) is 22.5 Å². The number of carbonyl (C=O) groups excluding carboxylic acids is 1. The summed E-state index contributed by atoms with van der Waals surface area (Å²) in [6, 6.07) is 13.8. The summed E-state index contributed by atoms with van der Waals surface area (Å²) < 4.78 is 33.1. The smallest absolute Gasteiger partial charge is 0.270 e. The highest BCUT2D eigenvalue weighted by atomic mass is 32.2. The van der Waals surface area contributed by atoms with Gasteiger partial charge in [-0.1, -0.05) is 35.6 Å². The Morgan fingerprint density at radius 2 is 1.83 bits per heavy atom. The van der Waals surface area contributed by atoms with Crippen molar-refractivity contribution in [3.8, 4) is 5.75 Å². The van der Waals surface area contributed by atoms with Crippen molar-refractivity contribution in [2.45, 2.75) is 31.2 Å². The minimum absolute atomic E-state index is 0.100. The number of hydrogen-bond acceptors (Lipinski definition) is 7. The van der Waals surface area contributed by atoms with Gasteiger partial charge < -0.3 is 4.74 Å². The van der Waals surface area contributed by atoms with Crippen molar-refractivity contribution in [3.63, 3.8) is 0 Å². The van der Waals surface area contributed by atoms with Crippen molar-refractivity contribution in [1.29, 1.82) is 0 Å². The van der Waals surface area contributed by atoms with Crippen molar-refractivity contribution in [2.24, 2.45) is 0 Å². The molecule has 1 atom stereocenters. The predicted molar refractivity (Wildman–Crippen MR) is 115 cm³/mol. The van der Waals surface area contributed by atoms with Crippen molar-refractivity contribution >= 4 is 32.4 Å². The largest absolute Gasteiger partial charge is 0.492 e. The van der Waals surface area contributed by atoms with Crippen molar-refractivity contribution in [2.75, 3.05) is 11.9 Å². The summed E-state index contributed by atoms with van der Waals surface area (Å²) in [4.78, 5) is 12.2. The Hall–Kier alpha value is -2.82. The van der Waals surface area contributed by atoms with Crippen LogP contribution in [0.1, 0.15) is 28.4 Å². The SMILES string of the molecule is Cc1ccc(OC[C@@H](C)NS(=O)(=O)c2nnc(NC(=O)c3ccccc3)s2)cc1C. The fraction of sp³-hybridized carbons (Fsp3) is 0.250. The summed E-state index contributed by atoms with van der Waals surface area (Å²) >= 11 is 0.777. The molecule has 0 unspecified atom stereocenters. The number of rotatable bonds is 8. The molecule has 8 nitrogen and oxygen atoms in total. The molecule has 0 bridgehead atoms. The normalized spacial score (nSPS) is 12.4. The zero-order chi connectivity index (χ0) is 21.7. The molecule has 158 valence electrons. The Kier molecular flexibility index (Phi) is 6.80. The van der Waals surface area contributed by atoms with Gasteiger partial charge in [-0.05, 0) is 56.2 Å². The Labute approximate surface area is 179 Å². The number of carbonyl (C=O) groups is 1. The van der Waals surface area contributed by atoms with Gasteiger partial charge in [-0.25, -0.2) is 13.1 Å². The summed E-state index contributed by atoms with van der Waals surface area (Å²) in [6.07, 6.45) is 0. The zero-order valence-corrected chi connectivity index (χ0v) is 18.4. The average molecular weight is 447 g/mol. The second-order valence-corrected chi connectivity index (χ2v) is 9.64. The molecule has 2 aromatic carbocycles. The zero-order valence-electron chi connectivity index (χ0n) is 16.7. The topological polar surface area (TPSA) is 110 Å². The van der Waals surface area contributed by atoms with Gasteiger partial charge in [0.1, 0.15) is 12.4 Å². The van der Waals surface area contributed by atoms with E-state index in [1.165, 1.54) is 0 Å². The maximum Gasteiger partial charge on any atom is 0.270 e. The van der Waals surface area contributed by atoms with Gasteiger partial charge in [0, 0.05) is 5.56 Å². The number of hydrogen-bond donors (Lipinski definition) is 2. The van der Waals surface area contributed by atoms with E-state index >= 15 is 0 Å². The van der Waals surface area contributed by atoms with E-state index in [1.807, 2.05) is 32.0 Å². The molecule has 30 heavy (non-hydrogen) atoms. The molecule has 0 spiro atoms. The van der Waals surface area contributed by atoms with Crippen molar-refractivity contribution in [1.82, 2.24) is 14.9 Å². The van der Waals surface area contributed by atoms with Gasteiger partial charge in [0.25, 0.3) is 15.9 Å². The molecule has 2 N–H and O–H groups in total. The third-order valence-electron chi connectivity index (χ3n) is 4.23. The fourth-order valence-corrected chi connectivity index (χ4v) is 4.64. The van der Waals surface area contributed by atoms with Crippen LogP contribution in [-0.4, -0.2) is 37.2 Å². The lowest BCUT2D eigenvalue weighted by Crippen LogP contribution is -2.36. The van der Waals surface area contributed by atoms with E-state index in [0.29, 0.717) is 11.3 Å². The maximum absolute atomic E-state index is 12.6. The van der Waals surface area contributed by atoms with E-state index < -0.39 is 16.1 Å². The number of nitrogens with one attached hydrogen (secondary N) is 2. The van der Waals surface area contributed by atoms with Crippen LogP contribution in [0.2, 0.25) is 0 Å². The molecule has 0 aliphatic carbocycles. The number of sulfonamides is 1. The lowest BCUT2D eigenvalue weighted by atomic mass is 10.1. The first kappa shape index (κ1) is 21.9. The van der Waals surface area contributed by atoms with Crippen LogP contribution in [0.5, 0.6) is 5.75 Å². The predicted octanol–water partition coefficient (Wildman–Crippen LogP) is 3.15.